The van der Waals surface area contributed by atoms with Gasteiger partial charge in [-0.05, 0) is 43.9 Å². The molecule has 0 spiro atoms. The summed E-state index contributed by atoms with van der Waals surface area (Å²) in [6, 6.07) is 0.468. The van der Waals surface area contributed by atoms with E-state index in [2.05, 4.69) is 6.92 Å². The molecular weight excluding hydrogens is 110 g/mol. The molecule has 2 aliphatic carbocycles. The molecule has 9 heavy (non-hydrogen) atoms. The van der Waals surface area contributed by atoms with Crippen LogP contribution < -0.4 is 5.73 Å². The lowest BCUT2D eigenvalue weighted by Gasteiger charge is -2.00. The van der Waals surface area contributed by atoms with Gasteiger partial charge in [0.1, 0.15) is 0 Å². The van der Waals surface area contributed by atoms with Crippen LogP contribution in [0.5, 0.6) is 0 Å². The van der Waals surface area contributed by atoms with Gasteiger partial charge >= 0.3 is 0 Å². The van der Waals surface area contributed by atoms with Gasteiger partial charge in [0.05, 0.1) is 0 Å². The van der Waals surface area contributed by atoms with Gasteiger partial charge < -0.3 is 5.73 Å². The second kappa shape index (κ2) is 1.72. The van der Waals surface area contributed by atoms with Gasteiger partial charge in [-0.25, -0.2) is 0 Å². The van der Waals surface area contributed by atoms with Gasteiger partial charge in [-0.2, -0.15) is 0 Å². The highest BCUT2D eigenvalue weighted by molar-refractivity contribution is 4.99. The first-order chi connectivity index (χ1) is 4.29. The third-order valence-electron chi connectivity index (χ3n) is 2.79. The van der Waals surface area contributed by atoms with E-state index in [1.54, 1.807) is 0 Å². The van der Waals surface area contributed by atoms with Crippen molar-refractivity contribution in [2.24, 2.45) is 23.5 Å². The van der Waals surface area contributed by atoms with Crippen molar-refractivity contribution in [3.05, 3.63) is 0 Å². The highest BCUT2D eigenvalue weighted by Gasteiger charge is 2.48. The Labute approximate surface area is 56.6 Å². The van der Waals surface area contributed by atoms with Crippen LogP contribution in [0.3, 0.4) is 0 Å². The van der Waals surface area contributed by atoms with Gasteiger partial charge in [0.15, 0.2) is 0 Å². The van der Waals surface area contributed by atoms with Crippen LogP contribution in [-0.4, -0.2) is 6.04 Å². The van der Waals surface area contributed by atoms with E-state index < -0.39 is 0 Å². The molecule has 0 aromatic rings. The maximum Gasteiger partial charge on any atom is 0.00416 e. The molecule has 0 radical (unpaired) electrons. The number of nitrogens with two attached hydrogens (primary N) is 1. The van der Waals surface area contributed by atoms with E-state index >= 15 is 0 Å². The molecule has 0 aromatic carbocycles. The SMILES string of the molecule is CC(N)C1CC1C1CC1. The van der Waals surface area contributed by atoms with Crippen LogP contribution >= 0.6 is 0 Å². The van der Waals surface area contributed by atoms with Crippen LogP contribution in [0.15, 0.2) is 0 Å². The van der Waals surface area contributed by atoms with Crippen LogP contribution in [0.4, 0.5) is 0 Å². The van der Waals surface area contributed by atoms with Crippen molar-refractivity contribution in [1.82, 2.24) is 0 Å². The molecule has 3 atom stereocenters. The second-order valence-corrected chi connectivity index (χ2v) is 3.76. The Bertz CT molecular complexity index is 110. The Morgan fingerprint density at radius 2 is 2.11 bits per heavy atom. The Morgan fingerprint density at radius 1 is 1.44 bits per heavy atom. The van der Waals surface area contributed by atoms with E-state index in [9.17, 15) is 0 Å². The summed E-state index contributed by atoms with van der Waals surface area (Å²) in [6.45, 7) is 2.15. The highest BCUT2D eigenvalue weighted by atomic mass is 14.7. The molecule has 0 amide bonds. The van der Waals surface area contributed by atoms with Crippen molar-refractivity contribution in [1.29, 1.82) is 0 Å². The monoisotopic (exact) mass is 125 g/mol. The van der Waals surface area contributed by atoms with E-state index in [0.717, 1.165) is 17.8 Å². The van der Waals surface area contributed by atoms with Crippen LogP contribution in [0, 0.1) is 17.8 Å². The molecule has 2 fully saturated rings. The van der Waals surface area contributed by atoms with Gasteiger partial charge in [-0.3, -0.25) is 0 Å². The molecular formula is C8H15N. The van der Waals surface area contributed by atoms with Gasteiger partial charge in [0.2, 0.25) is 0 Å². The number of hydrogen-bond acceptors (Lipinski definition) is 1. The molecule has 1 nitrogen and oxygen atoms in total. The van der Waals surface area contributed by atoms with Gasteiger partial charge in [0.25, 0.3) is 0 Å². The van der Waals surface area contributed by atoms with Crippen molar-refractivity contribution < 1.29 is 0 Å². The van der Waals surface area contributed by atoms with Crippen molar-refractivity contribution in [3.8, 4) is 0 Å². The quantitative estimate of drug-likeness (QED) is 0.593. The molecule has 0 aliphatic heterocycles. The average Bonchev–Trinajstić information content (AvgIpc) is 2.60. The number of rotatable bonds is 2. The summed E-state index contributed by atoms with van der Waals surface area (Å²) in [7, 11) is 0. The summed E-state index contributed by atoms with van der Waals surface area (Å²) in [4.78, 5) is 0. The number of hydrogen-bond donors (Lipinski definition) is 1. The second-order valence-electron chi connectivity index (χ2n) is 3.76. The van der Waals surface area contributed by atoms with Crippen molar-refractivity contribution in [3.63, 3.8) is 0 Å². The molecule has 52 valence electrons. The largest absolute Gasteiger partial charge is 0.328 e. The summed E-state index contributed by atoms with van der Waals surface area (Å²) in [5.74, 6) is 3.04. The van der Waals surface area contributed by atoms with E-state index in [1.807, 2.05) is 0 Å². The molecule has 2 rings (SSSR count). The molecule has 2 N–H and O–H groups in total. The van der Waals surface area contributed by atoms with Crippen LogP contribution in [0.25, 0.3) is 0 Å². The zero-order valence-electron chi connectivity index (χ0n) is 6.01. The smallest absolute Gasteiger partial charge is 0.00416 e. The molecule has 2 saturated carbocycles. The fourth-order valence-electron chi connectivity index (χ4n) is 1.91. The Kier molecular flexibility index (Phi) is 1.10. The summed E-state index contributed by atoms with van der Waals surface area (Å²) in [5.41, 5.74) is 5.75. The van der Waals surface area contributed by atoms with E-state index in [0.29, 0.717) is 6.04 Å². The molecule has 0 saturated heterocycles. The summed E-state index contributed by atoms with van der Waals surface area (Å²) in [6.07, 6.45) is 4.42. The molecule has 2 aliphatic rings. The van der Waals surface area contributed by atoms with E-state index in [1.165, 1.54) is 19.3 Å². The van der Waals surface area contributed by atoms with Crippen molar-refractivity contribution in [2.45, 2.75) is 32.2 Å². The van der Waals surface area contributed by atoms with Crippen LogP contribution in [0.1, 0.15) is 26.2 Å². The minimum Gasteiger partial charge on any atom is -0.328 e. The fourth-order valence-corrected chi connectivity index (χ4v) is 1.91. The maximum atomic E-state index is 5.75. The third-order valence-corrected chi connectivity index (χ3v) is 2.79. The van der Waals surface area contributed by atoms with Crippen LogP contribution in [-0.2, 0) is 0 Å². The molecule has 0 aromatic heterocycles. The van der Waals surface area contributed by atoms with E-state index in [-0.39, 0.29) is 0 Å². The topological polar surface area (TPSA) is 26.0 Å². The minimum absolute atomic E-state index is 0.468. The molecule has 1 heteroatoms. The third kappa shape index (κ3) is 0.983. The van der Waals surface area contributed by atoms with Crippen molar-refractivity contribution in [2.75, 3.05) is 0 Å². The lowest BCUT2D eigenvalue weighted by Crippen LogP contribution is -2.18. The Hall–Kier alpha value is -0.0400. The Morgan fingerprint density at radius 3 is 2.44 bits per heavy atom. The predicted octanol–water partition coefficient (Wildman–Crippen LogP) is 1.38. The molecule has 3 unspecified atom stereocenters. The van der Waals surface area contributed by atoms with Crippen molar-refractivity contribution >= 4 is 0 Å². The van der Waals surface area contributed by atoms with Crippen LogP contribution in [0.2, 0.25) is 0 Å². The summed E-state index contributed by atoms with van der Waals surface area (Å²) >= 11 is 0. The Balaban J connectivity index is 1.81. The van der Waals surface area contributed by atoms with Gasteiger partial charge in [-0.15, -0.1) is 0 Å². The molecule has 0 heterocycles. The zero-order chi connectivity index (χ0) is 6.43. The summed E-state index contributed by atoms with van der Waals surface area (Å²) in [5, 5.41) is 0. The van der Waals surface area contributed by atoms with Gasteiger partial charge in [-0.1, -0.05) is 0 Å². The normalized spacial score (nSPS) is 44.7. The lowest BCUT2D eigenvalue weighted by molar-refractivity contribution is 0.553. The fraction of sp³-hybridized carbons (Fsp3) is 1.00. The highest BCUT2D eigenvalue weighted by Crippen LogP contribution is 2.55. The first kappa shape index (κ1) is 5.72. The lowest BCUT2D eigenvalue weighted by atomic mass is 10.1. The standard InChI is InChI=1S/C8H15N/c1-5(9)7-4-8(7)6-2-3-6/h5-8H,2-4,9H2,1H3. The molecule has 0 bridgehead atoms. The first-order valence-electron chi connectivity index (χ1n) is 4.04. The predicted molar refractivity (Wildman–Crippen MR) is 38.0 cm³/mol. The van der Waals surface area contributed by atoms with Gasteiger partial charge in [0, 0.05) is 6.04 Å². The average molecular weight is 125 g/mol. The van der Waals surface area contributed by atoms with E-state index in [4.69, 9.17) is 5.73 Å². The maximum absolute atomic E-state index is 5.75. The first-order valence-corrected chi connectivity index (χ1v) is 4.04. The zero-order valence-corrected chi connectivity index (χ0v) is 6.01. The minimum atomic E-state index is 0.468. The summed E-state index contributed by atoms with van der Waals surface area (Å²) < 4.78 is 0.